The summed E-state index contributed by atoms with van der Waals surface area (Å²) >= 11 is 5.32. The molecule has 0 saturated carbocycles. The zero-order valence-electron chi connectivity index (χ0n) is 10.8. The van der Waals surface area contributed by atoms with E-state index in [0.717, 1.165) is 23.1 Å². The minimum Gasteiger partial charge on any atom is -0.327 e. The van der Waals surface area contributed by atoms with Gasteiger partial charge in [0.15, 0.2) is 0 Å². The second-order valence-electron chi connectivity index (χ2n) is 4.46. The van der Waals surface area contributed by atoms with E-state index in [9.17, 15) is 0 Å². The maximum absolute atomic E-state index is 6.12. The Bertz CT molecular complexity index is 354. The monoisotopic (exact) mass is 327 g/mol. The molecule has 2 N–H and O–H groups in total. The zero-order chi connectivity index (χ0) is 13.2. The van der Waals surface area contributed by atoms with Crippen LogP contribution in [-0.4, -0.2) is 11.8 Å². The van der Waals surface area contributed by atoms with Gasteiger partial charge in [-0.05, 0) is 37.5 Å². The summed E-state index contributed by atoms with van der Waals surface area (Å²) in [6.45, 7) is 3.73. The van der Waals surface area contributed by atoms with E-state index in [1.165, 1.54) is 24.2 Å². The average Bonchev–Trinajstić information content (AvgIpc) is 2.36. The highest BCUT2D eigenvalue weighted by Crippen LogP contribution is 2.23. The van der Waals surface area contributed by atoms with Crippen molar-refractivity contribution in [2.24, 2.45) is 5.73 Å². The highest BCUT2D eigenvalue weighted by molar-refractivity contribution is 9.10. The lowest BCUT2D eigenvalue weighted by atomic mass is 10.1. The van der Waals surface area contributed by atoms with Gasteiger partial charge in [0.25, 0.3) is 0 Å². The molecule has 0 heterocycles. The minimum atomic E-state index is 0.303. The van der Waals surface area contributed by atoms with Gasteiger partial charge in [-0.25, -0.2) is 0 Å². The molecule has 1 unspecified atom stereocenters. The molecule has 0 amide bonds. The number of hydrogen-bond donors (Lipinski definition) is 1. The van der Waals surface area contributed by atoms with Crippen LogP contribution in [0.25, 0.3) is 0 Å². The lowest BCUT2D eigenvalue weighted by Crippen LogP contribution is -2.22. The zero-order valence-corrected chi connectivity index (χ0v) is 13.2. The Morgan fingerprint density at radius 1 is 1.33 bits per heavy atom. The number of halogens is 1. The third kappa shape index (κ3) is 7.24. The highest BCUT2D eigenvalue weighted by Gasteiger charge is 2.03. The SMILES string of the molecule is C=CCCCCCC(N)CSc1cccc(Br)c1. The van der Waals surface area contributed by atoms with Gasteiger partial charge in [-0.3, -0.25) is 0 Å². The summed E-state index contributed by atoms with van der Waals surface area (Å²) in [6.07, 6.45) is 7.98. The summed E-state index contributed by atoms with van der Waals surface area (Å²) < 4.78 is 1.13. The molecule has 0 bridgehead atoms. The van der Waals surface area contributed by atoms with Crippen LogP contribution in [0.2, 0.25) is 0 Å². The van der Waals surface area contributed by atoms with Crippen molar-refractivity contribution in [3.05, 3.63) is 41.4 Å². The van der Waals surface area contributed by atoms with Crippen LogP contribution < -0.4 is 5.73 Å². The quantitative estimate of drug-likeness (QED) is 0.392. The van der Waals surface area contributed by atoms with Gasteiger partial charge in [0.05, 0.1) is 0 Å². The molecule has 3 heteroatoms. The van der Waals surface area contributed by atoms with Crippen LogP contribution in [0.15, 0.2) is 46.3 Å². The summed E-state index contributed by atoms with van der Waals surface area (Å²) in [4.78, 5) is 1.28. The van der Waals surface area contributed by atoms with Crippen molar-refractivity contribution in [1.29, 1.82) is 0 Å². The van der Waals surface area contributed by atoms with E-state index in [2.05, 4.69) is 40.7 Å². The van der Waals surface area contributed by atoms with Crippen molar-refractivity contribution in [3.8, 4) is 0 Å². The van der Waals surface area contributed by atoms with Crippen molar-refractivity contribution in [2.75, 3.05) is 5.75 Å². The lowest BCUT2D eigenvalue weighted by Gasteiger charge is -2.11. The van der Waals surface area contributed by atoms with E-state index in [4.69, 9.17) is 5.73 Å². The van der Waals surface area contributed by atoms with Gasteiger partial charge >= 0.3 is 0 Å². The van der Waals surface area contributed by atoms with Gasteiger partial charge in [-0.2, -0.15) is 0 Å². The van der Waals surface area contributed by atoms with Gasteiger partial charge in [0, 0.05) is 21.2 Å². The van der Waals surface area contributed by atoms with Gasteiger partial charge in [0.1, 0.15) is 0 Å². The molecular weight excluding hydrogens is 306 g/mol. The second-order valence-corrected chi connectivity index (χ2v) is 6.46. The second kappa shape index (κ2) is 9.65. The number of thioether (sulfide) groups is 1. The molecule has 0 aliphatic rings. The fourth-order valence-electron chi connectivity index (χ4n) is 1.72. The molecule has 1 aromatic carbocycles. The van der Waals surface area contributed by atoms with Crippen molar-refractivity contribution in [1.82, 2.24) is 0 Å². The molecular formula is C15H22BrNS. The summed E-state index contributed by atoms with van der Waals surface area (Å²) in [6, 6.07) is 8.68. The molecule has 1 rings (SSSR count). The Kier molecular flexibility index (Phi) is 8.47. The average molecular weight is 328 g/mol. The molecule has 0 saturated heterocycles. The molecule has 1 aromatic rings. The van der Waals surface area contributed by atoms with Crippen LogP contribution in [0.3, 0.4) is 0 Å². The number of benzene rings is 1. The highest BCUT2D eigenvalue weighted by atomic mass is 79.9. The molecule has 0 spiro atoms. The first kappa shape index (κ1) is 15.8. The molecule has 1 atom stereocenters. The predicted octanol–water partition coefficient (Wildman–Crippen LogP) is 5.01. The van der Waals surface area contributed by atoms with E-state index in [0.29, 0.717) is 6.04 Å². The van der Waals surface area contributed by atoms with Crippen LogP contribution in [0.1, 0.15) is 32.1 Å². The van der Waals surface area contributed by atoms with Crippen LogP contribution in [0.5, 0.6) is 0 Å². The Balaban J connectivity index is 2.13. The summed E-state index contributed by atoms with van der Waals surface area (Å²) in [7, 11) is 0. The first-order valence-corrected chi connectivity index (χ1v) is 8.25. The van der Waals surface area contributed by atoms with Gasteiger partial charge < -0.3 is 5.73 Å². The smallest absolute Gasteiger partial charge is 0.0186 e. The molecule has 0 fully saturated rings. The van der Waals surface area contributed by atoms with Crippen molar-refractivity contribution in [3.63, 3.8) is 0 Å². The largest absolute Gasteiger partial charge is 0.327 e. The maximum atomic E-state index is 6.12. The third-order valence-electron chi connectivity index (χ3n) is 2.74. The van der Waals surface area contributed by atoms with Crippen LogP contribution in [0, 0.1) is 0 Å². The fraction of sp³-hybridized carbons (Fsp3) is 0.467. The topological polar surface area (TPSA) is 26.0 Å². The van der Waals surface area contributed by atoms with Crippen LogP contribution in [0.4, 0.5) is 0 Å². The first-order valence-electron chi connectivity index (χ1n) is 6.47. The lowest BCUT2D eigenvalue weighted by molar-refractivity contribution is 0.587. The fourth-order valence-corrected chi connectivity index (χ4v) is 3.22. The van der Waals surface area contributed by atoms with Gasteiger partial charge in [-0.15, -0.1) is 18.3 Å². The first-order chi connectivity index (χ1) is 8.72. The molecule has 100 valence electrons. The Morgan fingerprint density at radius 3 is 2.89 bits per heavy atom. The minimum absolute atomic E-state index is 0.303. The Morgan fingerprint density at radius 2 is 2.17 bits per heavy atom. The maximum Gasteiger partial charge on any atom is 0.0186 e. The van der Waals surface area contributed by atoms with E-state index in [-0.39, 0.29) is 0 Å². The standard InChI is InChI=1S/C15H22BrNS/c1-2-3-4-5-6-9-14(17)12-18-15-10-7-8-13(16)11-15/h2,7-8,10-11,14H,1,3-6,9,12,17H2. The number of nitrogens with two attached hydrogens (primary N) is 1. The van der Waals surface area contributed by atoms with E-state index < -0.39 is 0 Å². The van der Waals surface area contributed by atoms with E-state index in [1.807, 2.05) is 23.9 Å². The van der Waals surface area contributed by atoms with E-state index in [1.54, 1.807) is 0 Å². The number of allylic oxidation sites excluding steroid dienone is 1. The van der Waals surface area contributed by atoms with Crippen molar-refractivity contribution in [2.45, 2.75) is 43.0 Å². The summed E-state index contributed by atoms with van der Waals surface area (Å²) in [5.74, 6) is 0.998. The summed E-state index contributed by atoms with van der Waals surface area (Å²) in [5, 5.41) is 0. The molecule has 18 heavy (non-hydrogen) atoms. The molecule has 0 aromatic heterocycles. The Labute approximate surface area is 123 Å². The predicted molar refractivity (Wildman–Crippen MR) is 86.1 cm³/mol. The molecule has 1 nitrogen and oxygen atoms in total. The Hall–Kier alpha value is -0.250. The number of hydrogen-bond acceptors (Lipinski definition) is 2. The third-order valence-corrected chi connectivity index (χ3v) is 4.42. The molecule has 0 aliphatic carbocycles. The van der Waals surface area contributed by atoms with Crippen molar-refractivity contribution >= 4 is 27.7 Å². The summed E-state index contributed by atoms with van der Waals surface area (Å²) in [5.41, 5.74) is 6.12. The van der Waals surface area contributed by atoms with Crippen molar-refractivity contribution < 1.29 is 0 Å². The number of unbranched alkanes of at least 4 members (excludes halogenated alkanes) is 3. The normalized spacial score (nSPS) is 12.3. The van der Waals surface area contributed by atoms with Gasteiger partial charge in [0.2, 0.25) is 0 Å². The van der Waals surface area contributed by atoms with Crippen LogP contribution >= 0.6 is 27.7 Å². The molecule has 0 radical (unpaired) electrons. The van der Waals surface area contributed by atoms with Crippen LogP contribution in [-0.2, 0) is 0 Å². The van der Waals surface area contributed by atoms with E-state index >= 15 is 0 Å². The van der Waals surface area contributed by atoms with Gasteiger partial charge in [-0.1, -0.05) is 40.9 Å². The number of rotatable bonds is 9. The molecule has 0 aliphatic heterocycles.